The van der Waals surface area contributed by atoms with Gasteiger partial charge in [-0.3, -0.25) is 0 Å². The van der Waals surface area contributed by atoms with Crippen molar-refractivity contribution in [2.24, 2.45) is 0 Å². The van der Waals surface area contributed by atoms with E-state index in [-0.39, 0.29) is 4.28 Å². The molecule has 1 aliphatic rings. The first-order valence-electron chi connectivity index (χ1n) is 13.6. The van der Waals surface area contributed by atoms with Crippen LogP contribution in [0.1, 0.15) is 129 Å². The minimum absolute atomic E-state index is 0.233. The van der Waals surface area contributed by atoms with Gasteiger partial charge in [-0.15, -0.1) is 0 Å². The summed E-state index contributed by atoms with van der Waals surface area (Å²) in [6, 6.07) is 14.1. The van der Waals surface area contributed by atoms with Gasteiger partial charge in [0.15, 0.2) is 0 Å². The van der Waals surface area contributed by atoms with E-state index in [0.29, 0.717) is 23.7 Å². The molecule has 0 bridgehead atoms. The second-order valence-electron chi connectivity index (χ2n) is 12.7. The highest BCUT2D eigenvalue weighted by molar-refractivity contribution is 6.70. The molecule has 1 aliphatic heterocycles. The quantitative estimate of drug-likeness (QED) is 0.383. The molecule has 2 aromatic carbocycles. The Morgan fingerprint density at radius 3 is 1.12 bits per heavy atom. The van der Waals surface area contributed by atoms with Gasteiger partial charge in [0.05, 0.1) is 0 Å². The maximum atomic E-state index is 2.93. The van der Waals surface area contributed by atoms with E-state index in [4.69, 9.17) is 0 Å². The summed E-state index contributed by atoms with van der Waals surface area (Å²) < 4.78 is 6.09. The molecule has 34 heavy (non-hydrogen) atoms. The fraction of sp³-hybridized carbons (Fsp3) is 0.613. The zero-order valence-electron chi connectivity index (χ0n) is 23.9. The van der Waals surface area contributed by atoms with Gasteiger partial charge in [-0.05, 0) is 69.7 Å². The highest BCUT2D eigenvalue weighted by Crippen LogP contribution is 2.46. The Hall–Kier alpha value is -1.43. The second-order valence-corrected chi connectivity index (χ2v) is 16.4. The Morgan fingerprint density at radius 1 is 0.588 bits per heavy atom. The van der Waals surface area contributed by atoms with Crippen molar-refractivity contribution in [3.63, 3.8) is 0 Å². The first kappa shape index (κ1) is 27.2. The highest BCUT2D eigenvalue weighted by atomic mass is 27.2. The standard InChI is InChI=1S/C27H40N2.C4H9.Al/c1-18(2)22-12-9-13-23(19(3)4)26(22)28-16-11-17-29-27-24(20(5)6)14-10-15-25(27)21(7)8;1-4(2)3;/h9-10,12-15,18-21H,11,16-17H2,1-8H3;1-3H3;/q-2;;+2. The van der Waals surface area contributed by atoms with Gasteiger partial charge in [-0.2, -0.15) is 0 Å². The van der Waals surface area contributed by atoms with Gasteiger partial charge in [-0.25, -0.2) is 0 Å². The summed E-state index contributed by atoms with van der Waals surface area (Å²) in [5.41, 5.74) is 9.20. The summed E-state index contributed by atoms with van der Waals surface area (Å²) in [5, 5.41) is 0. The lowest BCUT2D eigenvalue weighted by atomic mass is 9.92. The highest BCUT2D eigenvalue weighted by Gasteiger charge is 2.50. The Bertz CT molecular complexity index is 844. The Labute approximate surface area is 215 Å². The molecule has 0 unspecified atom stereocenters. The topological polar surface area (TPSA) is 6.48 Å². The average Bonchev–Trinajstić information content (AvgIpc) is 2.76. The van der Waals surface area contributed by atoms with Gasteiger partial charge in [-0.1, -0.05) is 113 Å². The predicted molar refractivity (Wildman–Crippen MR) is 154 cm³/mol. The van der Waals surface area contributed by atoms with Crippen molar-refractivity contribution < 1.29 is 0 Å². The second kappa shape index (κ2) is 10.7. The Kier molecular flexibility index (Phi) is 8.53. The summed E-state index contributed by atoms with van der Waals surface area (Å²) >= 11 is -1.61. The summed E-state index contributed by atoms with van der Waals surface area (Å²) in [7, 11) is 0. The van der Waals surface area contributed by atoms with Gasteiger partial charge in [0.1, 0.15) is 0 Å². The third-order valence-electron chi connectivity index (χ3n) is 7.42. The lowest BCUT2D eigenvalue weighted by Gasteiger charge is -2.51. The summed E-state index contributed by atoms with van der Waals surface area (Å²) in [6.45, 7) is 28.8. The van der Waals surface area contributed by atoms with Crippen LogP contribution in [0.15, 0.2) is 36.4 Å². The molecular weight excluding hydrogens is 427 g/mol. The van der Waals surface area contributed by atoms with E-state index in [1.807, 2.05) is 0 Å². The molecule has 1 saturated heterocycles. The Balaban J connectivity index is 2.30. The van der Waals surface area contributed by atoms with Gasteiger partial charge in [0.25, 0.3) is 0 Å². The molecule has 0 N–H and O–H groups in total. The van der Waals surface area contributed by atoms with Crippen LogP contribution >= 0.6 is 0 Å². The number of para-hydroxylation sites is 2. The SMILES string of the molecule is CC(C)c1cccc(C(C)C)c1[N]1CCC[N](c2c(C(C)C)cccc2C(C)C)[Al]1[C](C)(C)C. The lowest BCUT2D eigenvalue weighted by molar-refractivity contribution is 0.660. The fourth-order valence-electron chi connectivity index (χ4n) is 5.91. The van der Waals surface area contributed by atoms with Crippen LogP contribution < -0.4 is 7.77 Å². The average molecular weight is 477 g/mol. The number of anilines is 2. The molecular formula is C31H49AlN2. The lowest BCUT2D eigenvalue weighted by Crippen LogP contribution is -2.63. The van der Waals surface area contributed by atoms with Crippen LogP contribution in [0.25, 0.3) is 0 Å². The summed E-state index contributed by atoms with van der Waals surface area (Å²) in [6.07, 6.45) is 1.22. The van der Waals surface area contributed by atoms with E-state index < -0.39 is 14.6 Å². The fourth-order valence-corrected chi connectivity index (χ4v) is 10.1. The van der Waals surface area contributed by atoms with E-state index in [2.05, 4.69) is 120 Å². The molecule has 0 radical (unpaired) electrons. The Morgan fingerprint density at radius 2 is 0.882 bits per heavy atom. The van der Waals surface area contributed by atoms with E-state index in [9.17, 15) is 0 Å². The number of benzene rings is 2. The molecule has 1 heterocycles. The van der Waals surface area contributed by atoms with Crippen LogP contribution in [-0.4, -0.2) is 27.7 Å². The monoisotopic (exact) mass is 476 g/mol. The number of hydrogen-bond donors (Lipinski definition) is 0. The van der Waals surface area contributed by atoms with Crippen molar-refractivity contribution in [2.45, 2.75) is 111 Å². The molecule has 0 aromatic heterocycles. The molecule has 3 heteroatoms. The van der Waals surface area contributed by atoms with Crippen molar-refractivity contribution in [1.29, 1.82) is 0 Å². The number of hydrogen-bond acceptors (Lipinski definition) is 2. The van der Waals surface area contributed by atoms with Crippen LogP contribution in [0, 0.1) is 0 Å². The van der Waals surface area contributed by atoms with Crippen LogP contribution in [-0.2, 0) is 0 Å². The van der Waals surface area contributed by atoms with Crippen LogP contribution in [0.4, 0.5) is 11.4 Å². The molecule has 3 rings (SSSR count). The number of rotatable bonds is 6. The van der Waals surface area contributed by atoms with E-state index in [0.717, 1.165) is 0 Å². The minimum Gasteiger partial charge on any atom is -0.444 e. The maximum absolute atomic E-state index is 2.93. The van der Waals surface area contributed by atoms with Crippen LogP contribution in [0.5, 0.6) is 0 Å². The van der Waals surface area contributed by atoms with Crippen molar-refractivity contribution in [1.82, 2.24) is 0 Å². The van der Waals surface area contributed by atoms with Gasteiger partial charge in [0, 0.05) is 11.4 Å². The molecule has 2 nitrogen and oxygen atoms in total. The normalized spacial score (nSPS) is 15.4. The van der Waals surface area contributed by atoms with E-state index >= 15 is 0 Å². The van der Waals surface area contributed by atoms with Gasteiger partial charge < -0.3 is 7.77 Å². The molecule has 0 atom stereocenters. The first-order valence-corrected chi connectivity index (χ1v) is 15.3. The molecule has 0 amide bonds. The first-order chi connectivity index (χ1) is 15.9. The van der Waals surface area contributed by atoms with Gasteiger partial charge in [0.2, 0.25) is 0 Å². The van der Waals surface area contributed by atoms with Crippen molar-refractivity contribution in [3.05, 3.63) is 58.7 Å². The predicted octanol–water partition coefficient (Wildman–Crippen LogP) is 9.19. The number of nitrogens with zero attached hydrogens (tertiary/aromatic N) is 2. The molecule has 0 spiro atoms. The van der Waals surface area contributed by atoms with Crippen molar-refractivity contribution in [3.8, 4) is 0 Å². The molecule has 1 fully saturated rings. The smallest absolute Gasteiger partial charge is 0.444 e. The third-order valence-corrected chi connectivity index (χ3v) is 11.2. The van der Waals surface area contributed by atoms with Crippen LogP contribution in [0.2, 0.25) is 4.28 Å². The largest absolute Gasteiger partial charge is 0.580 e. The minimum atomic E-state index is -1.61. The summed E-state index contributed by atoms with van der Waals surface area (Å²) in [4.78, 5) is 0. The third kappa shape index (κ3) is 5.37. The van der Waals surface area contributed by atoms with Gasteiger partial charge >= 0.3 is 14.6 Å². The zero-order chi connectivity index (χ0) is 25.4. The van der Waals surface area contributed by atoms with E-state index in [1.165, 1.54) is 41.8 Å². The molecule has 2 aromatic rings. The van der Waals surface area contributed by atoms with Crippen molar-refractivity contribution in [2.75, 3.05) is 20.9 Å². The van der Waals surface area contributed by atoms with E-state index in [1.54, 1.807) is 11.4 Å². The molecule has 186 valence electrons. The molecule has 0 aliphatic carbocycles. The summed E-state index contributed by atoms with van der Waals surface area (Å²) in [5.74, 6) is 2.08. The zero-order valence-corrected chi connectivity index (χ0v) is 25.0. The maximum Gasteiger partial charge on any atom is 0.580 e. The van der Waals surface area contributed by atoms with Crippen LogP contribution in [0.3, 0.4) is 0 Å². The molecule has 0 saturated carbocycles. The van der Waals surface area contributed by atoms with Crippen molar-refractivity contribution >= 4 is 26.0 Å².